The van der Waals surface area contributed by atoms with Crippen LogP contribution in [0.2, 0.25) is 0 Å². The average molecular weight is 326 g/mol. The molecule has 1 aliphatic rings. The third-order valence-electron chi connectivity index (χ3n) is 3.59. The Morgan fingerprint density at radius 2 is 2.32 bits per heavy atom. The fourth-order valence-corrected chi connectivity index (χ4v) is 2.83. The van der Waals surface area contributed by atoms with Crippen LogP contribution < -0.4 is 5.32 Å². The quantitative estimate of drug-likeness (QED) is 0.901. The highest BCUT2D eigenvalue weighted by Crippen LogP contribution is 2.18. The summed E-state index contributed by atoms with van der Waals surface area (Å²) in [5, 5.41) is 3.56. The number of piperidine rings is 1. The lowest BCUT2D eigenvalue weighted by molar-refractivity contribution is 0.162. The molecular formula is C15H24BrN3. The van der Waals surface area contributed by atoms with Gasteiger partial charge in [0.05, 0.1) is 5.69 Å². The zero-order valence-electron chi connectivity index (χ0n) is 11.9. The molecule has 1 aromatic rings. The van der Waals surface area contributed by atoms with Gasteiger partial charge in [0, 0.05) is 29.8 Å². The van der Waals surface area contributed by atoms with Gasteiger partial charge in [-0.1, -0.05) is 13.8 Å². The van der Waals surface area contributed by atoms with Crippen LogP contribution in [0.15, 0.2) is 22.8 Å². The van der Waals surface area contributed by atoms with Crippen molar-refractivity contribution in [2.75, 3.05) is 19.6 Å². The van der Waals surface area contributed by atoms with Gasteiger partial charge in [-0.3, -0.25) is 9.88 Å². The van der Waals surface area contributed by atoms with Crippen LogP contribution in [-0.4, -0.2) is 35.6 Å². The molecule has 0 bridgehead atoms. The van der Waals surface area contributed by atoms with E-state index in [1.807, 2.05) is 6.20 Å². The van der Waals surface area contributed by atoms with Crippen LogP contribution in [0.25, 0.3) is 0 Å². The molecule has 1 saturated heterocycles. The summed E-state index contributed by atoms with van der Waals surface area (Å²) in [6.45, 7) is 8.94. The largest absolute Gasteiger partial charge is 0.314 e. The van der Waals surface area contributed by atoms with Gasteiger partial charge in [-0.15, -0.1) is 0 Å². The molecule has 1 atom stereocenters. The average Bonchev–Trinajstić information content (AvgIpc) is 2.40. The van der Waals surface area contributed by atoms with E-state index in [0.29, 0.717) is 6.04 Å². The van der Waals surface area contributed by atoms with Gasteiger partial charge in [-0.05, 0) is 59.9 Å². The predicted octanol–water partition coefficient (Wildman–Crippen LogP) is 3.05. The molecule has 1 aromatic heterocycles. The van der Waals surface area contributed by atoms with Gasteiger partial charge >= 0.3 is 0 Å². The number of halogens is 1. The fraction of sp³-hybridized carbons (Fsp3) is 0.667. The van der Waals surface area contributed by atoms with Crippen LogP contribution in [0.1, 0.15) is 32.4 Å². The number of nitrogens with zero attached hydrogens (tertiary/aromatic N) is 2. The van der Waals surface area contributed by atoms with Gasteiger partial charge in [0.1, 0.15) is 0 Å². The first kappa shape index (κ1) is 14.9. The van der Waals surface area contributed by atoms with Crippen molar-refractivity contribution >= 4 is 15.9 Å². The number of rotatable bonds is 5. The lowest BCUT2D eigenvalue weighted by atomic mass is 9.97. The van der Waals surface area contributed by atoms with Crippen LogP contribution >= 0.6 is 15.9 Å². The number of pyridine rings is 1. The molecule has 0 spiro atoms. The maximum atomic E-state index is 4.47. The molecule has 1 aliphatic heterocycles. The molecule has 1 N–H and O–H groups in total. The molecule has 4 heteroatoms. The Bertz CT molecular complexity index is 377. The highest BCUT2D eigenvalue weighted by atomic mass is 79.9. The van der Waals surface area contributed by atoms with Gasteiger partial charge in [0.2, 0.25) is 0 Å². The van der Waals surface area contributed by atoms with Crippen LogP contribution in [0, 0.1) is 5.92 Å². The lowest BCUT2D eigenvalue weighted by Gasteiger charge is -2.33. The first-order chi connectivity index (χ1) is 9.13. The summed E-state index contributed by atoms with van der Waals surface area (Å²) in [5.74, 6) is 0.784. The number of nitrogens with one attached hydrogen (secondary N) is 1. The monoisotopic (exact) mass is 325 g/mol. The van der Waals surface area contributed by atoms with E-state index in [1.165, 1.54) is 31.6 Å². The van der Waals surface area contributed by atoms with E-state index < -0.39 is 0 Å². The Labute approximate surface area is 124 Å². The molecule has 0 aliphatic carbocycles. The molecule has 3 nitrogen and oxygen atoms in total. The molecule has 2 heterocycles. The van der Waals surface area contributed by atoms with E-state index in [2.05, 4.69) is 57.1 Å². The molecule has 0 aromatic carbocycles. The second kappa shape index (κ2) is 7.36. The van der Waals surface area contributed by atoms with E-state index in [9.17, 15) is 0 Å². The van der Waals surface area contributed by atoms with E-state index >= 15 is 0 Å². The summed E-state index contributed by atoms with van der Waals surface area (Å²) in [6, 6.07) is 4.77. The number of aromatic nitrogens is 1. The molecule has 0 saturated carbocycles. The van der Waals surface area contributed by atoms with Gasteiger partial charge in [-0.25, -0.2) is 0 Å². The third-order valence-corrected chi connectivity index (χ3v) is 4.06. The van der Waals surface area contributed by atoms with Crippen LogP contribution in [0.4, 0.5) is 0 Å². The van der Waals surface area contributed by atoms with Crippen molar-refractivity contribution in [2.24, 2.45) is 5.92 Å². The van der Waals surface area contributed by atoms with Crippen molar-refractivity contribution in [1.82, 2.24) is 15.2 Å². The van der Waals surface area contributed by atoms with Crippen molar-refractivity contribution in [3.05, 3.63) is 28.5 Å². The van der Waals surface area contributed by atoms with Crippen LogP contribution in [0.3, 0.4) is 0 Å². The van der Waals surface area contributed by atoms with E-state index in [1.54, 1.807) is 0 Å². The highest BCUT2D eigenvalue weighted by Gasteiger charge is 2.20. The lowest BCUT2D eigenvalue weighted by Crippen LogP contribution is -2.40. The Kier molecular flexibility index (Phi) is 5.79. The molecular weight excluding hydrogens is 302 g/mol. The number of hydrogen-bond acceptors (Lipinski definition) is 3. The summed E-state index contributed by atoms with van der Waals surface area (Å²) in [5.41, 5.74) is 1.17. The van der Waals surface area contributed by atoms with Crippen molar-refractivity contribution in [3.8, 4) is 0 Å². The Hall–Kier alpha value is -0.450. The number of likely N-dealkylation sites (tertiary alicyclic amines) is 1. The van der Waals surface area contributed by atoms with E-state index in [-0.39, 0.29) is 0 Å². The Balaban J connectivity index is 1.82. The molecule has 0 amide bonds. The zero-order chi connectivity index (χ0) is 13.7. The van der Waals surface area contributed by atoms with Crippen LogP contribution in [-0.2, 0) is 6.54 Å². The minimum Gasteiger partial charge on any atom is -0.314 e. The molecule has 0 radical (unpaired) electrons. The predicted molar refractivity (Wildman–Crippen MR) is 83.1 cm³/mol. The summed E-state index contributed by atoms with van der Waals surface area (Å²) in [4.78, 5) is 7.00. The smallest absolute Gasteiger partial charge is 0.0544 e. The van der Waals surface area contributed by atoms with Gasteiger partial charge in [0.25, 0.3) is 0 Å². The van der Waals surface area contributed by atoms with Crippen molar-refractivity contribution in [1.29, 1.82) is 0 Å². The van der Waals surface area contributed by atoms with Gasteiger partial charge in [-0.2, -0.15) is 0 Å². The van der Waals surface area contributed by atoms with Gasteiger partial charge in [0.15, 0.2) is 0 Å². The zero-order valence-corrected chi connectivity index (χ0v) is 13.5. The molecule has 106 valence electrons. The van der Waals surface area contributed by atoms with Crippen LogP contribution in [0.5, 0.6) is 0 Å². The maximum absolute atomic E-state index is 4.47. The topological polar surface area (TPSA) is 28.2 Å². The highest BCUT2D eigenvalue weighted by molar-refractivity contribution is 9.10. The molecule has 19 heavy (non-hydrogen) atoms. The molecule has 1 unspecified atom stereocenters. The van der Waals surface area contributed by atoms with Gasteiger partial charge < -0.3 is 5.32 Å². The van der Waals surface area contributed by atoms with Crippen molar-refractivity contribution in [2.45, 2.75) is 39.3 Å². The molecule has 2 rings (SSSR count). The minimum absolute atomic E-state index is 0.587. The summed E-state index contributed by atoms with van der Waals surface area (Å²) < 4.78 is 1.05. The van der Waals surface area contributed by atoms with E-state index in [0.717, 1.165) is 23.5 Å². The second-order valence-corrected chi connectivity index (χ2v) is 6.69. The maximum Gasteiger partial charge on any atom is 0.0544 e. The number of hydrogen-bond donors (Lipinski definition) is 1. The third kappa shape index (κ3) is 5.21. The summed E-state index contributed by atoms with van der Waals surface area (Å²) >= 11 is 3.43. The summed E-state index contributed by atoms with van der Waals surface area (Å²) in [6.07, 6.45) is 4.54. The SMILES string of the molecule is CC(C)NCC1CCCN(Cc2ccc(Br)cn2)C1. The Morgan fingerprint density at radius 1 is 1.47 bits per heavy atom. The summed E-state index contributed by atoms with van der Waals surface area (Å²) in [7, 11) is 0. The van der Waals surface area contributed by atoms with E-state index in [4.69, 9.17) is 0 Å². The first-order valence-electron chi connectivity index (χ1n) is 7.19. The van der Waals surface area contributed by atoms with Crippen molar-refractivity contribution < 1.29 is 0 Å². The van der Waals surface area contributed by atoms with Crippen molar-refractivity contribution in [3.63, 3.8) is 0 Å². The first-order valence-corrected chi connectivity index (χ1v) is 7.99. The standard InChI is InChI=1S/C15H24BrN3/c1-12(2)17-8-13-4-3-7-19(10-13)11-15-6-5-14(16)9-18-15/h5-6,9,12-13,17H,3-4,7-8,10-11H2,1-2H3. The second-order valence-electron chi connectivity index (χ2n) is 5.77. The Morgan fingerprint density at radius 3 is 3.00 bits per heavy atom. The normalized spacial score (nSPS) is 20.9. The minimum atomic E-state index is 0.587. The fourth-order valence-electron chi connectivity index (χ4n) is 2.59. The molecule has 1 fully saturated rings.